The molecule has 0 spiro atoms. The van der Waals surface area contributed by atoms with Gasteiger partial charge in [0.15, 0.2) is 5.96 Å². The van der Waals surface area contributed by atoms with Crippen LogP contribution in [0, 0.1) is 0 Å². The minimum atomic E-state index is 0.767. The molecule has 0 saturated carbocycles. The second-order valence-electron chi connectivity index (χ2n) is 6.74. The van der Waals surface area contributed by atoms with Gasteiger partial charge in [-0.05, 0) is 43.9 Å². The van der Waals surface area contributed by atoms with Crippen molar-refractivity contribution in [2.24, 2.45) is 4.99 Å². The summed E-state index contributed by atoms with van der Waals surface area (Å²) in [7, 11) is 0. The predicted molar refractivity (Wildman–Crippen MR) is 112 cm³/mol. The predicted octanol–water partition coefficient (Wildman–Crippen LogP) is 2.30. The average molecular weight is 377 g/mol. The van der Waals surface area contributed by atoms with Crippen LogP contribution in [0.5, 0.6) is 5.75 Å². The highest BCUT2D eigenvalue weighted by Crippen LogP contribution is 2.13. The summed E-state index contributed by atoms with van der Waals surface area (Å²) < 4.78 is 11.1. The molecule has 1 heterocycles. The fourth-order valence-corrected chi connectivity index (χ4v) is 2.99. The standard InChI is InChI=1S/C21H36N4O2/c1-3-15-27-20-8-5-7-19(18-20)9-11-24-21(22-4-2)23-10-6-12-25-13-16-26-17-14-25/h5,7-8,18H,3-4,6,9-17H2,1-2H3,(H2,22,23,24). The maximum absolute atomic E-state index is 5.71. The highest BCUT2D eigenvalue weighted by molar-refractivity contribution is 5.79. The topological polar surface area (TPSA) is 58.1 Å². The van der Waals surface area contributed by atoms with Gasteiger partial charge in [-0.1, -0.05) is 19.1 Å². The van der Waals surface area contributed by atoms with E-state index in [4.69, 9.17) is 14.5 Å². The van der Waals surface area contributed by atoms with Crippen LogP contribution in [0.3, 0.4) is 0 Å². The summed E-state index contributed by atoms with van der Waals surface area (Å²) in [6.07, 6.45) is 3.05. The Bertz CT molecular complexity index is 545. The molecule has 1 aromatic carbocycles. The largest absolute Gasteiger partial charge is 0.494 e. The molecule has 27 heavy (non-hydrogen) atoms. The smallest absolute Gasteiger partial charge is 0.191 e. The molecule has 2 rings (SSSR count). The first-order chi connectivity index (χ1) is 13.3. The third-order valence-electron chi connectivity index (χ3n) is 4.43. The number of hydrogen-bond acceptors (Lipinski definition) is 4. The molecule has 6 nitrogen and oxygen atoms in total. The van der Waals surface area contributed by atoms with E-state index in [-0.39, 0.29) is 0 Å². The normalized spacial score (nSPS) is 15.6. The second kappa shape index (κ2) is 13.4. The van der Waals surface area contributed by atoms with E-state index in [9.17, 15) is 0 Å². The van der Waals surface area contributed by atoms with Crippen LogP contribution >= 0.6 is 0 Å². The summed E-state index contributed by atoms with van der Waals surface area (Å²) in [4.78, 5) is 7.15. The van der Waals surface area contributed by atoms with Gasteiger partial charge in [0.25, 0.3) is 0 Å². The molecule has 0 aliphatic carbocycles. The molecular formula is C21H36N4O2. The summed E-state index contributed by atoms with van der Waals surface area (Å²) >= 11 is 0. The van der Waals surface area contributed by atoms with E-state index < -0.39 is 0 Å². The number of rotatable bonds is 11. The van der Waals surface area contributed by atoms with E-state index in [1.54, 1.807) is 0 Å². The number of ether oxygens (including phenoxy) is 2. The lowest BCUT2D eigenvalue weighted by atomic mass is 10.1. The molecule has 1 aliphatic heterocycles. The zero-order valence-corrected chi connectivity index (χ0v) is 17.0. The van der Waals surface area contributed by atoms with Gasteiger partial charge in [0.1, 0.15) is 5.75 Å². The summed E-state index contributed by atoms with van der Waals surface area (Å²) in [5, 5.41) is 6.76. The van der Waals surface area contributed by atoms with Gasteiger partial charge < -0.3 is 20.1 Å². The molecule has 0 amide bonds. The van der Waals surface area contributed by atoms with Crippen LogP contribution in [0.2, 0.25) is 0 Å². The molecule has 6 heteroatoms. The van der Waals surface area contributed by atoms with Gasteiger partial charge in [0.05, 0.1) is 19.8 Å². The molecule has 0 radical (unpaired) electrons. The Hall–Kier alpha value is -1.79. The van der Waals surface area contributed by atoms with Gasteiger partial charge >= 0.3 is 0 Å². The SMILES string of the molecule is CCCOc1cccc(CCNC(=NCCCN2CCOCC2)NCC)c1. The summed E-state index contributed by atoms with van der Waals surface area (Å²) in [5.74, 6) is 1.86. The van der Waals surface area contributed by atoms with Gasteiger partial charge in [0, 0.05) is 39.3 Å². The summed E-state index contributed by atoms with van der Waals surface area (Å²) in [5.41, 5.74) is 1.28. The third kappa shape index (κ3) is 9.11. The van der Waals surface area contributed by atoms with Gasteiger partial charge in [0.2, 0.25) is 0 Å². The zero-order chi connectivity index (χ0) is 19.2. The van der Waals surface area contributed by atoms with Crippen molar-refractivity contribution in [3.05, 3.63) is 29.8 Å². The zero-order valence-electron chi connectivity index (χ0n) is 17.0. The van der Waals surface area contributed by atoms with E-state index in [0.717, 1.165) is 90.1 Å². The number of guanidine groups is 1. The van der Waals surface area contributed by atoms with Crippen LogP contribution < -0.4 is 15.4 Å². The Labute approximate surface area is 164 Å². The van der Waals surface area contributed by atoms with Crippen LogP contribution in [0.15, 0.2) is 29.3 Å². The fourth-order valence-electron chi connectivity index (χ4n) is 2.99. The molecule has 1 aliphatic rings. The van der Waals surface area contributed by atoms with Crippen LogP contribution in [-0.2, 0) is 11.2 Å². The molecule has 1 aromatic rings. The van der Waals surface area contributed by atoms with Crippen molar-refractivity contribution in [3.8, 4) is 5.75 Å². The van der Waals surface area contributed by atoms with E-state index in [0.29, 0.717) is 0 Å². The first-order valence-corrected chi connectivity index (χ1v) is 10.4. The number of morpholine rings is 1. The Morgan fingerprint density at radius 3 is 2.85 bits per heavy atom. The van der Waals surface area contributed by atoms with E-state index in [1.165, 1.54) is 5.56 Å². The van der Waals surface area contributed by atoms with Crippen LogP contribution in [0.25, 0.3) is 0 Å². The van der Waals surface area contributed by atoms with Crippen LogP contribution in [-0.4, -0.2) is 69.9 Å². The number of nitrogens with one attached hydrogen (secondary N) is 2. The van der Waals surface area contributed by atoms with Crippen LogP contribution in [0.4, 0.5) is 0 Å². The Balaban J connectivity index is 1.69. The third-order valence-corrected chi connectivity index (χ3v) is 4.43. The average Bonchev–Trinajstić information content (AvgIpc) is 2.70. The van der Waals surface area contributed by atoms with Crippen molar-refractivity contribution in [2.45, 2.75) is 33.1 Å². The molecule has 1 fully saturated rings. The minimum Gasteiger partial charge on any atom is -0.494 e. The number of benzene rings is 1. The molecule has 0 atom stereocenters. The van der Waals surface area contributed by atoms with E-state index in [2.05, 4.69) is 47.6 Å². The van der Waals surface area contributed by atoms with E-state index >= 15 is 0 Å². The van der Waals surface area contributed by atoms with Crippen molar-refractivity contribution in [1.82, 2.24) is 15.5 Å². The molecule has 152 valence electrons. The lowest BCUT2D eigenvalue weighted by Gasteiger charge is -2.26. The Morgan fingerprint density at radius 1 is 1.22 bits per heavy atom. The number of hydrogen-bond donors (Lipinski definition) is 2. The number of aliphatic imine (C=N–C) groups is 1. The van der Waals surface area contributed by atoms with Crippen molar-refractivity contribution < 1.29 is 9.47 Å². The van der Waals surface area contributed by atoms with E-state index in [1.807, 2.05) is 6.07 Å². The van der Waals surface area contributed by atoms with Gasteiger partial charge in [-0.3, -0.25) is 9.89 Å². The van der Waals surface area contributed by atoms with Gasteiger partial charge in [-0.2, -0.15) is 0 Å². The Morgan fingerprint density at radius 2 is 2.07 bits per heavy atom. The lowest BCUT2D eigenvalue weighted by molar-refractivity contribution is 0.0377. The molecule has 1 saturated heterocycles. The molecular weight excluding hydrogens is 340 g/mol. The maximum atomic E-state index is 5.71. The molecule has 2 N–H and O–H groups in total. The molecule has 0 unspecified atom stereocenters. The number of nitrogens with zero attached hydrogens (tertiary/aromatic N) is 2. The first-order valence-electron chi connectivity index (χ1n) is 10.4. The van der Waals surface area contributed by atoms with Crippen molar-refractivity contribution >= 4 is 5.96 Å². The van der Waals surface area contributed by atoms with Crippen molar-refractivity contribution in [1.29, 1.82) is 0 Å². The van der Waals surface area contributed by atoms with Crippen molar-refractivity contribution in [3.63, 3.8) is 0 Å². The minimum absolute atomic E-state index is 0.767. The quantitative estimate of drug-likeness (QED) is 0.353. The Kier molecular flexibility index (Phi) is 10.7. The monoisotopic (exact) mass is 376 g/mol. The lowest BCUT2D eigenvalue weighted by Crippen LogP contribution is -2.39. The highest BCUT2D eigenvalue weighted by atomic mass is 16.5. The van der Waals surface area contributed by atoms with Gasteiger partial charge in [-0.15, -0.1) is 0 Å². The summed E-state index contributed by atoms with van der Waals surface area (Å²) in [6, 6.07) is 8.36. The first kappa shape index (κ1) is 21.5. The molecule has 0 bridgehead atoms. The fraction of sp³-hybridized carbons (Fsp3) is 0.667. The van der Waals surface area contributed by atoms with Gasteiger partial charge in [-0.25, -0.2) is 0 Å². The van der Waals surface area contributed by atoms with Crippen LogP contribution in [0.1, 0.15) is 32.3 Å². The van der Waals surface area contributed by atoms with Crippen molar-refractivity contribution in [2.75, 3.05) is 59.1 Å². The highest BCUT2D eigenvalue weighted by Gasteiger charge is 2.09. The maximum Gasteiger partial charge on any atom is 0.191 e. The summed E-state index contributed by atoms with van der Waals surface area (Å²) in [6.45, 7) is 12.5. The molecule has 0 aromatic heterocycles. The second-order valence-corrected chi connectivity index (χ2v) is 6.74.